The molecule has 11 nitrogen and oxygen atoms in total. The van der Waals surface area contributed by atoms with Crippen molar-refractivity contribution < 1.29 is 14.7 Å². The Hall–Kier alpha value is -3.16. The summed E-state index contributed by atoms with van der Waals surface area (Å²) in [4.78, 5) is 29.4. The maximum atomic E-state index is 11.1. The summed E-state index contributed by atoms with van der Waals surface area (Å²) in [7, 11) is 0. The SMILES string of the molecule is O=C(CCCCCCN1CCN(Cc2cc3nc(N4CCOC(c5cccc6[nH]ncc56)C4)ncc3s2)CC1)NO. The van der Waals surface area contributed by atoms with Crippen molar-refractivity contribution >= 4 is 44.3 Å². The lowest BCUT2D eigenvalue weighted by Crippen LogP contribution is -2.45. The van der Waals surface area contributed by atoms with Gasteiger partial charge in [0.05, 0.1) is 41.3 Å². The average Bonchev–Trinajstić information content (AvgIpc) is 3.66. The monoisotopic (exact) mass is 578 g/mol. The number of morpholine rings is 1. The fourth-order valence-electron chi connectivity index (χ4n) is 5.82. The number of amides is 1. The highest BCUT2D eigenvalue weighted by Crippen LogP contribution is 2.31. The van der Waals surface area contributed by atoms with Crippen molar-refractivity contribution in [2.45, 2.75) is 44.8 Å². The molecule has 3 N–H and O–H groups in total. The molecule has 0 spiro atoms. The van der Waals surface area contributed by atoms with Crippen LogP contribution in [0.4, 0.5) is 5.95 Å². The van der Waals surface area contributed by atoms with E-state index >= 15 is 0 Å². The van der Waals surface area contributed by atoms with E-state index in [-0.39, 0.29) is 12.0 Å². The predicted octanol–water partition coefficient (Wildman–Crippen LogP) is 3.72. The van der Waals surface area contributed by atoms with E-state index in [1.165, 1.54) is 4.88 Å². The summed E-state index contributed by atoms with van der Waals surface area (Å²) in [5.41, 5.74) is 4.88. The number of benzene rings is 1. The van der Waals surface area contributed by atoms with Crippen molar-refractivity contribution in [1.29, 1.82) is 0 Å². The quantitative estimate of drug-likeness (QED) is 0.139. The Balaban J connectivity index is 0.992. The normalized spacial score (nSPS) is 18.9. The van der Waals surface area contributed by atoms with E-state index in [2.05, 4.69) is 37.0 Å². The smallest absolute Gasteiger partial charge is 0.243 e. The molecule has 1 unspecified atom stereocenters. The van der Waals surface area contributed by atoms with E-state index in [1.807, 2.05) is 24.5 Å². The number of carbonyl (C=O) groups excluding carboxylic acids is 1. The van der Waals surface area contributed by atoms with Gasteiger partial charge in [0, 0.05) is 56.0 Å². The van der Waals surface area contributed by atoms with Gasteiger partial charge in [-0.05, 0) is 37.1 Å². The summed E-state index contributed by atoms with van der Waals surface area (Å²) in [6.07, 6.45) is 8.32. The van der Waals surface area contributed by atoms with E-state index in [4.69, 9.17) is 19.9 Å². The zero-order chi connectivity index (χ0) is 28.0. The van der Waals surface area contributed by atoms with Crippen LogP contribution >= 0.6 is 11.3 Å². The van der Waals surface area contributed by atoms with E-state index in [0.717, 1.165) is 104 Å². The first-order valence-electron chi connectivity index (χ1n) is 14.6. The van der Waals surface area contributed by atoms with Crippen molar-refractivity contribution in [3.05, 3.63) is 47.1 Å². The summed E-state index contributed by atoms with van der Waals surface area (Å²) in [6, 6.07) is 8.43. The minimum absolute atomic E-state index is 0.0545. The highest BCUT2D eigenvalue weighted by atomic mass is 32.1. The predicted molar refractivity (Wildman–Crippen MR) is 159 cm³/mol. The second-order valence-corrected chi connectivity index (χ2v) is 12.1. The molecule has 41 heavy (non-hydrogen) atoms. The van der Waals surface area contributed by atoms with Gasteiger partial charge >= 0.3 is 0 Å². The molecular formula is C29H38N8O3S. The van der Waals surface area contributed by atoms with Crippen molar-refractivity contribution in [3.8, 4) is 0 Å². The number of hydrogen-bond donors (Lipinski definition) is 3. The van der Waals surface area contributed by atoms with E-state index in [9.17, 15) is 4.79 Å². The van der Waals surface area contributed by atoms with Gasteiger partial charge in [-0.15, -0.1) is 11.3 Å². The number of aromatic nitrogens is 4. The summed E-state index contributed by atoms with van der Waals surface area (Å²) in [6.45, 7) is 8.49. The molecule has 2 aliphatic rings. The van der Waals surface area contributed by atoms with Crippen LogP contribution in [-0.2, 0) is 16.1 Å². The Morgan fingerprint density at radius 2 is 1.95 bits per heavy atom. The molecular weight excluding hydrogens is 540 g/mol. The van der Waals surface area contributed by atoms with Gasteiger partial charge in [0.15, 0.2) is 0 Å². The molecule has 12 heteroatoms. The number of ether oxygens (including phenoxy) is 1. The molecule has 2 saturated heterocycles. The molecule has 0 radical (unpaired) electrons. The Morgan fingerprint density at radius 3 is 2.83 bits per heavy atom. The molecule has 1 aromatic carbocycles. The van der Waals surface area contributed by atoms with Crippen LogP contribution in [0.2, 0.25) is 0 Å². The molecule has 2 fully saturated rings. The van der Waals surface area contributed by atoms with Crippen LogP contribution in [0, 0.1) is 0 Å². The van der Waals surface area contributed by atoms with Gasteiger partial charge in [-0.25, -0.2) is 15.4 Å². The summed E-state index contributed by atoms with van der Waals surface area (Å²) in [5.74, 6) is 0.470. The zero-order valence-corrected chi connectivity index (χ0v) is 24.1. The third kappa shape index (κ3) is 6.84. The number of aromatic amines is 1. The lowest BCUT2D eigenvalue weighted by Gasteiger charge is -2.34. The van der Waals surface area contributed by atoms with Gasteiger partial charge in [-0.3, -0.25) is 20.0 Å². The van der Waals surface area contributed by atoms with Crippen LogP contribution in [-0.4, -0.2) is 93.5 Å². The standard InChI is InChI=1S/C29H38N8O3S/c38-28(34-39)8-3-1-2-4-9-35-10-12-36(13-11-35)19-21-16-25-27(41-21)18-30-29(32-25)37-14-15-40-26(20-37)22-6-5-7-24-23(22)17-31-33-24/h5-7,16-18,26,39H,1-4,8-15,19-20H2,(H,31,33)(H,34,38). The second kappa shape index (κ2) is 13.2. The first-order chi connectivity index (χ1) is 20.2. The Morgan fingerprint density at radius 1 is 1.10 bits per heavy atom. The van der Waals surface area contributed by atoms with Crippen molar-refractivity contribution in [2.75, 3.05) is 57.3 Å². The number of thiophene rings is 1. The number of carbonyl (C=O) groups is 1. The molecule has 2 aliphatic heterocycles. The highest BCUT2D eigenvalue weighted by Gasteiger charge is 2.26. The molecule has 218 valence electrons. The van der Waals surface area contributed by atoms with Gasteiger partial charge in [-0.1, -0.05) is 25.0 Å². The third-order valence-corrected chi connectivity index (χ3v) is 9.16. The molecule has 6 rings (SSSR count). The Labute approximate surface area is 243 Å². The average molecular weight is 579 g/mol. The molecule has 0 saturated carbocycles. The number of nitrogens with zero attached hydrogens (tertiary/aromatic N) is 6. The molecule has 1 atom stereocenters. The van der Waals surface area contributed by atoms with E-state index < -0.39 is 0 Å². The van der Waals surface area contributed by atoms with E-state index in [0.29, 0.717) is 19.6 Å². The summed E-state index contributed by atoms with van der Waals surface area (Å²) in [5, 5.41) is 16.9. The van der Waals surface area contributed by atoms with E-state index in [1.54, 1.807) is 16.8 Å². The molecule has 5 heterocycles. The minimum atomic E-state index is -0.294. The number of anilines is 1. The molecule has 0 bridgehead atoms. The third-order valence-electron chi connectivity index (χ3n) is 8.12. The van der Waals surface area contributed by atoms with Crippen molar-refractivity contribution in [1.82, 2.24) is 35.4 Å². The van der Waals surface area contributed by atoms with Crippen molar-refractivity contribution in [3.63, 3.8) is 0 Å². The number of rotatable bonds is 11. The number of piperazine rings is 1. The molecule has 1 amide bonds. The van der Waals surface area contributed by atoms with Crippen LogP contribution in [0.3, 0.4) is 0 Å². The first-order valence-corrected chi connectivity index (χ1v) is 15.4. The summed E-state index contributed by atoms with van der Waals surface area (Å²) < 4.78 is 7.29. The summed E-state index contributed by atoms with van der Waals surface area (Å²) >= 11 is 1.79. The maximum Gasteiger partial charge on any atom is 0.243 e. The Kier molecular flexibility index (Phi) is 9.02. The Bertz CT molecular complexity index is 1450. The van der Waals surface area contributed by atoms with Crippen LogP contribution < -0.4 is 10.4 Å². The van der Waals surface area contributed by atoms with Gasteiger partial charge < -0.3 is 14.5 Å². The first kappa shape index (κ1) is 28.0. The van der Waals surface area contributed by atoms with Gasteiger partial charge in [0.1, 0.15) is 6.10 Å². The number of unbranched alkanes of at least 4 members (excludes halogenated alkanes) is 3. The van der Waals surface area contributed by atoms with Crippen molar-refractivity contribution in [2.24, 2.45) is 0 Å². The second-order valence-electron chi connectivity index (χ2n) is 10.9. The van der Waals surface area contributed by atoms with Crippen LogP contribution in [0.15, 0.2) is 36.7 Å². The van der Waals surface area contributed by atoms with Gasteiger partial charge in [0.25, 0.3) is 0 Å². The fraction of sp³-hybridized carbons (Fsp3) is 0.517. The molecule has 3 aromatic heterocycles. The number of H-pyrrole nitrogens is 1. The highest BCUT2D eigenvalue weighted by molar-refractivity contribution is 7.18. The molecule has 0 aliphatic carbocycles. The maximum absolute atomic E-state index is 11.1. The topological polar surface area (TPSA) is 123 Å². The minimum Gasteiger partial charge on any atom is -0.370 e. The van der Waals surface area contributed by atoms with Gasteiger partial charge in [-0.2, -0.15) is 5.10 Å². The van der Waals surface area contributed by atoms with Crippen LogP contribution in [0.5, 0.6) is 0 Å². The number of fused-ring (bicyclic) bond motifs is 2. The van der Waals surface area contributed by atoms with Crippen LogP contribution in [0.1, 0.15) is 48.6 Å². The zero-order valence-electron chi connectivity index (χ0n) is 23.3. The number of hydroxylamine groups is 1. The fourth-order valence-corrected chi connectivity index (χ4v) is 6.84. The molecule has 4 aromatic rings. The lowest BCUT2D eigenvalue weighted by molar-refractivity contribution is -0.129. The van der Waals surface area contributed by atoms with Gasteiger partial charge in [0.2, 0.25) is 11.9 Å². The lowest BCUT2D eigenvalue weighted by atomic mass is 10.0. The van der Waals surface area contributed by atoms with Crippen LogP contribution in [0.25, 0.3) is 21.1 Å². The number of nitrogens with one attached hydrogen (secondary N) is 2. The largest absolute Gasteiger partial charge is 0.370 e. The number of hydrogen-bond acceptors (Lipinski definition) is 10.